The zero-order valence-electron chi connectivity index (χ0n) is 12.1. The van der Waals surface area contributed by atoms with E-state index in [-0.39, 0.29) is 12.5 Å². The highest BCUT2D eigenvalue weighted by Gasteiger charge is 2.28. The maximum absolute atomic E-state index is 11.7. The lowest BCUT2D eigenvalue weighted by Gasteiger charge is -2.29. The van der Waals surface area contributed by atoms with Crippen molar-refractivity contribution in [1.29, 1.82) is 0 Å². The summed E-state index contributed by atoms with van der Waals surface area (Å²) in [5.74, 6) is -1.46. The van der Waals surface area contributed by atoms with Crippen LogP contribution >= 0.6 is 0 Å². The Kier molecular flexibility index (Phi) is 5.70. The normalized spacial score (nSPS) is 15.0. The van der Waals surface area contributed by atoms with E-state index in [2.05, 4.69) is 10.6 Å². The molecule has 0 aliphatic rings. The van der Waals surface area contributed by atoms with Gasteiger partial charge in [-0.25, -0.2) is 0 Å². The number of nitrogens with one attached hydrogen (secondary N) is 2. The molecule has 5 heteroatoms. The molecule has 20 heavy (non-hydrogen) atoms. The molecule has 1 aromatic carbocycles. The summed E-state index contributed by atoms with van der Waals surface area (Å²) in [7, 11) is 0. The minimum Gasteiger partial charge on any atom is -0.388 e. The highest BCUT2D eigenvalue weighted by molar-refractivity contribution is 6.39. The second-order valence-electron chi connectivity index (χ2n) is 5.17. The van der Waals surface area contributed by atoms with Gasteiger partial charge < -0.3 is 15.7 Å². The third-order valence-corrected chi connectivity index (χ3v) is 3.52. The number of anilines is 1. The number of amides is 2. The van der Waals surface area contributed by atoms with Crippen LogP contribution in [0.15, 0.2) is 30.3 Å². The molecule has 0 spiro atoms. The van der Waals surface area contributed by atoms with Gasteiger partial charge in [-0.1, -0.05) is 38.5 Å². The van der Waals surface area contributed by atoms with Crippen molar-refractivity contribution in [2.75, 3.05) is 11.9 Å². The Balaban J connectivity index is 2.49. The minimum absolute atomic E-state index is 0.0278. The molecule has 2 atom stereocenters. The van der Waals surface area contributed by atoms with Crippen LogP contribution in [0.3, 0.4) is 0 Å². The van der Waals surface area contributed by atoms with Gasteiger partial charge in [0.15, 0.2) is 0 Å². The lowest BCUT2D eigenvalue weighted by Crippen LogP contribution is -2.47. The molecule has 0 aromatic heterocycles. The van der Waals surface area contributed by atoms with Gasteiger partial charge in [-0.3, -0.25) is 9.59 Å². The van der Waals surface area contributed by atoms with E-state index in [0.717, 1.165) is 6.42 Å². The molecule has 0 aliphatic carbocycles. The molecule has 5 nitrogen and oxygen atoms in total. The molecule has 0 aliphatic heterocycles. The van der Waals surface area contributed by atoms with Crippen molar-refractivity contribution in [2.24, 2.45) is 5.92 Å². The average Bonchev–Trinajstić information content (AvgIpc) is 2.44. The monoisotopic (exact) mass is 278 g/mol. The van der Waals surface area contributed by atoms with E-state index in [0.29, 0.717) is 5.69 Å². The Morgan fingerprint density at radius 1 is 1.25 bits per heavy atom. The fourth-order valence-corrected chi connectivity index (χ4v) is 1.66. The van der Waals surface area contributed by atoms with Gasteiger partial charge in [0.25, 0.3) is 0 Å². The fraction of sp³-hybridized carbons (Fsp3) is 0.467. The van der Waals surface area contributed by atoms with Crippen LogP contribution in [0.2, 0.25) is 0 Å². The highest BCUT2D eigenvalue weighted by Crippen LogP contribution is 2.18. The Morgan fingerprint density at radius 2 is 1.85 bits per heavy atom. The molecule has 0 saturated carbocycles. The van der Waals surface area contributed by atoms with Crippen molar-refractivity contribution in [2.45, 2.75) is 32.8 Å². The molecule has 3 N–H and O–H groups in total. The summed E-state index contributed by atoms with van der Waals surface area (Å²) in [5.41, 5.74) is -0.474. The second-order valence-corrected chi connectivity index (χ2v) is 5.17. The number of rotatable bonds is 5. The summed E-state index contributed by atoms with van der Waals surface area (Å²) in [6.07, 6.45) is 0.791. The predicted octanol–water partition coefficient (Wildman–Crippen LogP) is 1.54. The number of para-hydroxylation sites is 1. The highest BCUT2D eigenvalue weighted by atomic mass is 16.3. The first-order chi connectivity index (χ1) is 9.36. The Bertz CT molecular complexity index is 457. The molecule has 2 amide bonds. The van der Waals surface area contributed by atoms with Gasteiger partial charge in [-0.05, 0) is 25.0 Å². The van der Waals surface area contributed by atoms with Crippen molar-refractivity contribution in [3.05, 3.63) is 30.3 Å². The maximum Gasteiger partial charge on any atom is 0.313 e. The van der Waals surface area contributed by atoms with Crippen LogP contribution in [0.5, 0.6) is 0 Å². The summed E-state index contributed by atoms with van der Waals surface area (Å²) in [6.45, 7) is 5.55. The van der Waals surface area contributed by atoms with Gasteiger partial charge in [0.2, 0.25) is 0 Å². The Morgan fingerprint density at radius 3 is 2.40 bits per heavy atom. The van der Waals surface area contributed by atoms with Crippen LogP contribution < -0.4 is 10.6 Å². The van der Waals surface area contributed by atoms with E-state index in [1.807, 2.05) is 19.9 Å². The summed E-state index contributed by atoms with van der Waals surface area (Å²) in [4.78, 5) is 23.3. The lowest BCUT2D eigenvalue weighted by molar-refractivity contribution is -0.137. The topological polar surface area (TPSA) is 78.4 Å². The number of hydrogen-bond acceptors (Lipinski definition) is 3. The molecule has 0 radical (unpaired) electrons. The SMILES string of the molecule is CC[C@H](C)[C@](C)(O)CNC(=O)C(=O)Nc1ccccc1. The van der Waals surface area contributed by atoms with Gasteiger partial charge in [-0.2, -0.15) is 0 Å². The number of aliphatic hydroxyl groups is 1. The summed E-state index contributed by atoms with van der Waals surface area (Å²) >= 11 is 0. The molecule has 0 saturated heterocycles. The zero-order valence-corrected chi connectivity index (χ0v) is 12.1. The molecule has 1 aromatic rings. The minimum atomic E-state index is -1.03. The Labute approximate surface area is 119 Å². The quantitative estimate of drug-likeness (QED) is 0.715. The summed E-state index contributed by atoms with van der Waals surface area (Å²) < 4.78 is 0. The third kappa shape index (κ3) is 4.66. The third-order valence-electron chi connectivity index (χ3n) is 3.52. The first kappa shape index (κ1) is 16.2. The maximum atomic E-state index is 11.7. The van der Waals surface area contributed by atoms with E-state index in [1.165, 1.54) is 0 Å². The molecule has 110 valence electrons. The first-order valence-corrected chi connectivity index (χ1v) is 6.73. The van der Waals surface area contributed by atoms with Crippen LogP contribution in [0.1, 0.15) is 27.2 Å². The number of carbonyl (C=O) groups is 2. The molecule has 0 fully saturated rings. The second kappa shape index (κ2) is 7.05. The van der Waals surface area contributed by atoms with Gasteiger partial charge >= 0.3 is 11.8 Å². The molecular weight excluding hydrogens is 256 g/mol. The first-order valence-electron chi connectivity index (χ1n) is 6.73. The number of hydrogen-bond donors (Lipinski definition) is 3. The molecule has 0 heterocycles. The summed E-state index contributed by atoms with van der Waals surface area (Å²) in [6, 6.07) is 8.74. The van der Waals surface area contributed by atoms with Crippen molar-refractivity contribution < 1.29 is 14.7 Å². The predicted molar refractivity (Wildman–Crippen MR) is 78.2 cm³/mol. The largest absolute Gasteiger partial charge is 0.388 e. The van der Waals surface area contributed by atoms with Crippen LogP contribution in [-0.2, 0) is 9.59 Å². The Hall–Kier alpha value is -1.88. The number of benzene rings is 1. The van der Waals surface area contributed by atoms with Gasteiger partial charge in [-0.15, -0.1) is 0 Å². The summed E-state index contributed by atoms with van der Waals surface area (Å²) in [5, 5.41) is 15.1. The van der Waals surface area contributed by atoms with Crippen molar-refractivity contribution >= 4 is 17.5 Å². The lowest BCUT2D eigenvalue weighted by atomic mass is 9.89. The van der Waals surface area contributed by atoms with Crippen LogP contribution in [0.4, 0.5) is 5.69 Å². The van der Waals surface area contributed by atoms with Gasteiger partial charge in [0.1, 0.15) is 0 Å². The fourth-order valence-electron chi connectivity index (χ4n) is 1.66. The zero-order chi connectivity index (χ0) is 15.2. The van der Waals surface area contributed by atoms with Gasteiger partial charge in [0, 0.05) is 12.2 Å². The standard InChI is InChI=1S/C15H22N2O3/c1-4-11(2)15(3,20)10-16-13(18)14(19)17-12-8-6-5-7-9-12/h5-9,11,20H,4,10H2,1-3H3,(H,16,18)(H,17,19)/t11-,15+/m0/s1. The van der Waals surface area contributed by atoms with Crippen molar-refractivity contribution in [1.82, 2.24) is 5.32 Å². The van der Waals surface area contributed by atoms with Crippen molar-refractivity contribution in [3.8, 4) is 0 Å². The number of carbonyl (C=O) groups excluding carboxylic acids is 2. The smallest absolute Gasteiger partial charge is 0.313 e. The van der Waals surface area contributed by atoms with Gasteiger partial charge in [0.05, 0.1) is 5.60 Å². The molecule has 1 rings (SSSR count). The van der Waals surface area contributed by atoms with E-state index < -0.39 is 17.4 Å². The van der Waals surface area contributed by atoms with Crippen LogP contribution in [0.25, 0.3) is 0 Å². The molecule has 0 unspecified atom stereocenters. The van der Waals surface area contributed by atoms with E-state index in [1.54, 1.807) is 31.2 Å². The molecular formula is C15H22N2O3. The average molecular weight is 278 g/mol. The van der Waals surface area contributed by atoms with E-state index in [9.17, 15) is 14.7 Å². The molecule has 0 bridgehead atoms. The van der Waals surface area contributed by atoms with Crippen molar-refractivity contribution in [3.63, 3.8) is 0 Å². The van der Waals surface area contributed by atoms with E-state index >= 15 is 0 Å². The van der Waals surface area contributed by atoms with Crippen LogP contribution in [-0.4, -0.2) is 29.1 Å². The van der Waals surface area contributed by atoms with E-state index in [4.69, 9.17) is 0 Å². The van der Waals surface area contributed by atoms with Crippen LogP contribution in [0, 0.1) is 5.92 Å².